The van der Waals surface area contributed by atoms with Gasteiger partial charge in [-0.05, 0) is 29.8 Å². The molecular weight excluding hydrogens is 271 g/mol. The molecule has 0 heterocycles. The third-order valence-corrected chi connectivity index (χ3v) is 3.00. The average molecular weight is 288 g/mol. The number of ether oxygens (including phenoxy) is 1. The van der Waals surface area contributed by atoms with Crippen molar-refractivity contribution >= 4 is 11.6 Å². The van der Waals surface area contributed by atoms with E-state index in [0.29, 0.717) is 18.0 Å². The highest BCUT2D eigenvalue weighted by Gasteiger charge is 2.11. The first-order valence-corrected chi connectivity index (χ1v) is 6.52. The molecule has 21 heavy (non-hydrogen) atoms. The van der Waals surface area contributed by atoms with E-state index in [9.17, 15) is 9.18 Å². The summed E-state index contributed by atoms with van der Waals surface area (Å²) < 4.78 is 18.5. The molecule has 2 rings (SSSR count). The van der Waals surface area contributed by atoms with Gasteiger partial charge in [0.2, 0.25) is 0 Å². The van der Waals surface area contributed by atoms with Gasteiger partial charge < -0.3 is 15.4 Å². The molecule has 0 aromatic heterocycles. The van der Waals surface area contributed by atoms with Crippen molar-refractivity contribution in [2.45, 2.75) is 6.54 Å². The van der Waals surface area contributed by atoms with Gasteiger partial charge in [0.1, 0.15) is 11.6 Å². The summed E-state index contributed by atoms with van der Waals surface area (Å²) in [6, 6.07) is 13.1. The van der Waals surface area contributed by atoms with Crippen LogP contribution < -0.4 is 10.5 Å². The van der Waals surface area contributed by atoms with Crippen molar-refractivity contribution in [2.24, 2.45) is 0 Å². The molecule has 4 nitrogen and oxygen atoms in total. The molecule has 0 spiro atoms. The van der Waals surface area contributed by atoms with Gasteiger partial charge in [0.25, 0.3) is 5.91 Å². The van der Waals surface area contributed by atoms with Gasteiger partial charge in [0.05, 0.1) is 5.69 Å². The fourth-order valence-electron chi connectivity index (χ4n) is 1.86. The Morgan fingerprint density at radius 3 is 2.71 bits per heavy atom. The molecule has 2 aromatic rings. The quantitative estimate of drug-likeness (QED) is 0.860. The Bertz CT molecular complexity index is 631. The van der Waals surface area contributed by atoms with Gasteiger partial charge in [-0.2, -0.15) is 0 Å². The molecule has 0 unspecified atom stereocenters. The van der Waals surface area contributed by atoms with E-state index in [1.807, 2.05) is 0 Å². The van der Waals surface area contributed by atoms with E-state index in [4.69, 9.17) is 10.5 Å². The summed E-state index contributed by atoms with van der Waals surface area (Å²) >= 11 is 0. The number of benzene rings is 2. The first-order chi connectivity index (χ1) is 10.1. The lowest BCUT2D eigenvalue weighted by Gasteiger charge is -2.18. The maximum absolute atomic E-state index is 13.1. The van der Waals surface area contributed by atoms with Crippen LogP contribution in [0.4, 0.5) is 10.1 Å². The Hall–Kier alpha value is -2.56. The number of nitrogens with zero attached hydrogens (tertiary/aromatic N) is 1. The molecule has 0 aliphatic rings. The molecule has 0 bridgehead atoms. The molecule has 0 saturated heterocycles. The van der Waals surface area contributed by atoms with E-state index >= 15 is 0 Å². The second kappa shape index (κ2) is 6.74. The first-order valence-electron chi connectivity index (χ1n) is 6.52. The Labute approximate surface area is 122 Å². The van der Waals surface area contributed by atoms with Crippen LogP contribution in [0, 0.1) is 5.82 Å². The number of amides is 1. The van der Waals surface area contributed by atoms with Gasteiger partial charge in [-0.25, -0.2) is 4.39 Å². The van der Waals surface area contributed by atoms with Crippen molar-refractivity contribution in [3.63, 3.8) is 0 Å². The monoisotopic (exact) mass is 288 g/mol. The Balaban J connectivity index is 1.90. The minimum Gasteiger partial charge on any atom is -0.482 e. The van der Waals surface area contributed by atoms with Crippen molar-refractivity contribution in [2.75, 3.05) is 19.4 Å². The second-order valence-corrected chi connectivity index (χ2v) is 4.71. The fourth-order valence-corrected chi connectivity index (χ4v) is 1.86. The molecule has 5 heteroatoms. The van der Waals surface area contributed by atoms with E-state index in [2.05, 4.69) is 0 Å². The number of rotatable bonds is 5. The Kier molecular flexibility index (Phi) is 4.77. The number of para-hydroxylation sites is 2. The minimum absolute atomic E-state index is 0.111. The SMILES string of the molecule is CN(Cc1cccc(F)c1)C(=O)COc1ccccc1N. The first kappa shape index (κ1) is 14.8. The van der Waals surface area contributed by atoms with E-state index in [1.165, 1.54) is 17.0 Å². The Morgan fingerprint density at radius 1 is 1.24 bits per heavy atom. The van der Waals surface area contributed by atoms with Gasteiger partial charge in [0.15, 0.2) is 6.61 Å². The molecule has 0 fully saturated rings. The molecule has 2 aromatic carbocycles. The molecule has 0 aliphatic heterocycles. The second-order valence-electron chi connectivity index (χ2n) is 4.71. The number of hydrogen-bond donors (Lipinski definition) is 1. The van der Waals surface area contributed by atoms with E-state index < -0.39 is 0 Å². The highest BCUT2D eigenvalue weighted by molar-refractivity contribution is 5.77. The van der Waals surface area contributed by atoms with Crippen molar-refractivity contribution in [3.05, 3.63) is 59.9 Å². The number of carbonyl (C=O) groups excluding carboxylic acids is 1. The summed E-state index contributed by atoms with van der Waals surface area (Å²) in [5.74, 6) is -0.0471. The highest BCUT2D eigenvalue weighted by atomic mass is 19.1. The van der Waals surface area contributed by atoms with E-state index in [1.54, 1.807) is 43.4 Å². The van der Waals surface area contributed by atoms with Gasteiger partial charge in [-0.15, -0.1) is 0 Å². The third kappa shape index (κ3) is 4.21. The zero-order valence-corrected chi connectivity index (χ0v) is 11.8. The topological polar surface area (TPSA) is 55.6 Å². The smallest absolute Gasteiger partial charge is 0.260 e. The number of halogens is 1. The number of nitrogen functional groups attached to an aromatic ring is 1. The maximum atomic E-state index is 13.1. The van der Waals surface area contributed by atoms with Crippen LogP contribution in [0.5, 0.6) is 5.75 Å². The molecule has 1 amide bonds. The predicted molar refractivity (Wildman–Crippen MR) is 79.2 cm³/mol. The number of hydrogen-bond acceptors (Lipinski definition) is 3. The van der Waals surface area contributed by atoms with Crippen LogP contribution in [0.1, 0.15) is 5.56 Å². The molecular formula is C16H17FN2O2. The largest absolute Gasteiger partial charge is 0.482 e. The third-order valence-electron chi connectivity index (χ3n) is 3.00. The Morgan fingerprint density at radius 2 is 2.00 bits per heavy atom. The van der Waals surface area contributed by atoms with Crippen LogP contribution in [-0.4, -0.2) is 24.5 Å². The van der Waals surface area contributed by atoms with Crippen LogP contribution in [0.15, 0.2) is 48.5 Å². The summed E-state index contributed by atoms with van der Waals surface area (Å²) in [6.45, 7) is 0.213. The predicted octanol–water partition coefficient (Wildman–Crippen LogP) is 2.45. The molecule has 0 atom stereocenters. The van der Waals surface area contributed by atoms with Crippen molar-refractivity contribution in [3.8, 4) is 5.75 Å². The molecule has 0 saturated carbocycles. The number of likely N-dealkylation sites (N-methyl/N-ethyl adjacent to an activating group) is 1. The van der Waals surface area contributed by atoms with Crippen molar-refractivity contribution < 1.29 is 13.9 Å². The minimum atomic E-state index is -0.318. The zero-order valence-electron chi connectivity index (χ0n) is 11.8. The van der Waals surface area contributed by atoms with Gasteiger partial charge in [-0.1, -0.05) is 24.3 Å². The fraction of sp³-hybridized carbons (Fsp3) is 0.188. The van der Waals surface area contributed by atoms with E-state index in [0.717, 1.165) is 5.56 Å². The average Bonchev–Trinajstić information content (AvgIpc) is 2.46. The van der Waals surface area contributed by atoms with Gasteiger partial charge >= 0.3 is 0 Å². The zero-order chi connectivity index (χ0) is 15.2. The normalized spacial score (nSPS) is 10.2. The van der Waals surface area contributed by atoms with E-state index in [-0.39, 0.29) is 18.3 Å². The maximum Gasteiger partial charge on any atom is 0.260 e. The number of carbonyl (C=O) groups is 1. The molecule has 0 aliphatic carbocycles. The lowest BCUT2D eigenvalue weighted by molar-refractivity contribution is -0.132. The number of nitrogens with two attached hydrogens (primary N) is 1. The van der Waals surface area contributed by atoms with Gasteiger partial charge in [0, 0.05) is 13.6 Å². The van der Waals surface area contributed by atoms with Gasteiger partial charge in [-0.3, -0.25) is 4.79 Å². The standard InChI is InChI=1S/C16H17FN2O2/c1-19(10-12-5-4-6-13(17)9-12)16(20)11-21-15-8-3-2-7-14(15)18/h2-9H,10-11,18H2,1H3. The summed E-state index contributed by atoms with van der Waals surface area (Å²) in [5, 5.41) is 0. The summed E-state index contributed by atoms with van der Waals surface area (Å²) in [6.07, 6.45) is 0. The molecule has 0 radical (unpaired) electrons. The lowest BCUT2D eigenvalue weighted by atomic mass is 10.2. The summed E-state index contributed by atoms with van der Waals surface area (Å²) in [5.41, 5.74) is 6.94. The lowest BCUT2D eigenvalue weighted by Crippen LogP contribution is -2.31. The van der Waals surface area contributed by atoms with Crippen LogP contribution in [0.3, 0.4) is 0 Å². The van der Waals surface area contributed by atoms with Crippen molar-refractivity contribution in [1.29, 1.82) is 0 Å². The van der Waals surface area contributed by atoms with Crippen molar-refractivity contribution in [1.82, 2.24) is 4.90 Å². The van der Waals surface area contributed by atoms with Crippen LogP contribution in [0.25, 0.3) is 0 Å². The molecule has 2 N–H and O–H groups in total. The highest BCUT2D eigenvalue weighted by Crippen LogP contribution is 2.19. The van der Waals surface area contributed by atoms with Crippen LogP contribution in [0.2, 0.25) is 0 Å². The number of anilines is 1. The van der Waals surface area contributed by atoms with Crippen LogP contribution in [-0.2, 0) is 11.3 Å². The molecule has 110 valence electrons. The summed E-state index contributed by atoms with van der Waals surface area (Å²) in [4.78, 5) is 13.5. The summed E-state index contributed by atoms with van der Waals surface area (Å²) in [7, 11) is 1.64. The van der Waals surface area contributed by atoms with Crippen LogP contribution >= 0.6 is 0 Å².